The molecule has 0 aliphatic rings. The zero-order chi connectivity index (χ0) is 15.5. The van der Waals surface area contributed by atoms with Gasteiger partial charge in [-0.15, -0.1) is 0 Å². The fraction of sp³-hybridized carbons (Fsp3) is 0.143. The molecule has 0 saturated heterocycles. The summed E-state index contributed by atoms with van der Waals surface area (Å²) in [5.41, 5.74) is -1.22. The SMILES string of the molecule is N#Cc1ccc(CNc2ccc(C#N)c(C(F)(F)F)c2)o1. The predicted molar refractivity (Wildman–Crippen MR) is 66.9 cm³/mol. The van der Waals surface area contributed by atoms with Crippen LogP contribution in [0.15, 0.2) is 34.7 Å². The van der Waals surface area contributed by atoms with E-state index in [-0.39, 0.29) is 18.0 Å². The van der Waals surface area contributed by atoms with Gasteiger partial charge in [0.1, 0.15) is 11.8 Å². The van der Waals surface area contributed by atoms with Gasteiger partial charge in [-0.1, -0.05) is 0 Å². The van der Waals surface area contributed by atoms with Gasteiger partial charge in [-0.2, -0.15) is 23.7 Å². The van der Waals surface area contributed by atoms with Gasteiger partial charge in [-0.05, 0) is 30.3 Å². The third kappa shape index (κ3) is 3.34. The number of furan rings is 1. The predicted octanol–water partition coefficient (Wildman–Crippen LogP) is 3.65. The first-order valence-corrected chi connectivity index (χ1v) is 5.78. The molecule has 0 radical (unpaired) electrons. The van der Waals surface area contributed by atoms with Crippen LogP contribution in [0.1, 0.15) is 22.6 Å². The van der Waals surface area contributed by atoms with E-state index in [1.165, 1.54) is 18.2 Å². The van der Waals surface area contributed by atoms with Gasteiger partial charge in [0.2, 0.25) is 5.76 Å². The van der Waals surface area contributed by atoms with Crippen molar-refractivity contribution in [3.05, 3.63) is 53.0 Å². The summed E-state index contributed by atoms with van der Waals surface area (Å²) in [6.45, 7) is 0.130. The van der Waals surface area contributed by atoms with E-state index in [1.807, 2.05) is 6.07 Å². The Kier molecular flexibility index (Phi) is 3.86. The van der Waals surface area contributed by atoms with Gasteiger partial charge in [0.05, 0.1) is 23.7 Å². The molecule has 0 spiro atoms. The second kappa shape index (κ2) is 5.59. The number of alkyl halides is 3. The molecule has 0 aliphatic carbocycles. The normalized spacial score (nSPS) is 10.7. The average molecular weight is 291 g/mol. The summed E-state index contributed by atoms with van der Waals surface area (Å²) in [7, 11) is 0. The van der Waals surface area contributed by atoms with Crippen LogP contribution >= 0.6 is 0 Å². The van der Waals surface area contributed by atoms with E-state index in [4.69, 9.17) is 14.9 Å². The molecule has 0 unspecified atom stereocenters. The highest BCUT2D eigenvalue weighted by molar-refractivity contribution is 5.53. The molecule has 7 heteroatoms. The number of hydrogen-bond acceptors (Lipinski definition) is 4. The smallest absolute Gasteiger partial charge is 0.417 e. The summed E-state index contributed by atoms with van der Waals surface area (Å²) < 4.78 is 43.5. The third-order valence-electron chi connectivity index (χ3n) is 2.68. The summed E-state index contributed by atoms with van der Waals surface area (Å²) >= 11 is 0. The first-order chi connectivity index (χ1) is 9.94. The number of nitrogens with zero attached hydrogens (tertiary/aromatic N) is 2. The lowest BCUT2D eigenvalue weighted by atomic mass is 10.1. The zero-order valence-electron chi connectivity index (χ0n) is 10.5. The van der Waals surface area contributed by atoms with E-state index in [2.05, 4.69) is 5.32 Å². The summed E-state index contributed by atoms with van der Waals surface area (Å²) in [5.74, 6) is 0.548. The molecule has 0 amide bonds. The molecule has 2 aromatic rings. The van der Waals surface area contributed by atoms with E-state index >= 15 is 0 Å². The minimum absolute atomic E-state index is 0.127. The molecule has 106 valence electrons. The van der Waals surface area contributed by atoms with Gasteiger partial charge in [0.15, 0.2) is 0 Å². The molecule has 1 N–H and O–H groups in total. The van der Waals surface area contributed by atoms with Gasteiger partial charge in [-0.25, -0.2) is 0 Å². The summed E-state index contributed by atoms with van der Waals surface area (Å²) in [5, 5.41) is 20.0. The number of nitrogens with one attached hydrogen (secondary N) is 1. The maximum absolute atomic E-state index is 12.8. The molecule has 0 fully saturated rings. The molecule has 1 heterocycles. The Balaban J connectivity index is 2.18. The Labute approximate surface area is 118 Å². The lowest BCUT2D eigenvalue weighted by Crippen LogP contribution is -2.09. The maximum atomic E-state index is 12.8. The number of benzene rings is 1. The van der Waals surface area contributed by atoms with E-state index in [1.54, 1.807) is 6.07 Å². The van der Waals surface area contributed by atoms with Crippen molar-refractivity contribution >= 4 is 5.69 Å². The van der Waals surface area contributed by atoms with Crippen LogP contribution in [0.2, 0.25) is 0 Å². The van der Waals surface area contributed by atoms with Crippen LogP contribution in [0.4, 0.5) is 18.9 Å². The monoisotopic (exact) mass is 291 g/mol. The second-order valence-electron chi connectivity index (χ2n) is 4.10. The van der Waals surface area contributed by atoms with Gasteiger partial charge < -0.3 is 9.73 Å². The Hall–Kier alpha value is -2.93. The van der Waals surface area contributed by atoms with E-state index in [0.717, 1.165) is 12.1 Å². The van der Waals surface area contributed by atoms with Crippen LogP contribution in [-0.2, 0) is 12.7 Å². The molecule has 0 bridgehead atoms. The summed E-state index contributed by atoms with van der Waals surface area (Å²) in [6, 6.07) is 9.70. The van der Waals surface area contributed by atoms with Crippen molar-refractivity contribution in [3.8, 4) is 12.1 Å². The Bertz CT molecular complexity index is 735. The molecule has 21 heavy (non-hydrogen) atoms. The molecule has 0 atom stereocenters. The lowest BCUT2D eigenvalue weighted by molar-refractivity contribution is -0.137. The van der Waals surface area contributed by atoms with Crippen molar-refractivity contribution in [1.29, 1.82) is 10.5 Å². The number of anilines is 1. The maximum Gasteiger partial charge on any atom is 0.417 e. The van der Waals surface area contributed by atoms with Gasteiger partial charge in [0.25, 0.3) is 0 Å². The molecular formula is C14H8F3N3O. The van der Waals surface area contributed by atoms with Crippen molar-refractivity contribution in [2.24, 2.45) is 0 Å². The Morgan fingerprint density at radius 3 is 2.43 bits per heavy atom. The minimum atomic E-state index is -4.60. The molecular weight excluding hydrogens is 283 g/mol. The first kappa shape index (κ1) is 14.5. The second-order valence-corrected chi connectivity index (χ2v) is 4.10. The summed E-state index contributed by atoms with van der Waals surface area (Å²) in [6.07, 6.45) is -4.60. The topological polar surface area (TPSA) is 72.8 Å². The molecule has 0 aliphatic heterocycles. The van der Waals surface area contributed by atoms with Crippen LogP contribution in [0.25, 0.3) is 0 Å². The fourth-order valence-electron chi connectivity index (χ4n) is 1.71. The highest BCUT2D eigenvalue weighted by Crippen LogP contribution is 2.33. The van der Waals surface area contributed by atoms with E-state index < -0.39 is 17.3 Å². The van der Waals surface area contributed by atoms with Gasteiger partial charge in [-0.3, -0.25) is 0 Å². The Morgan fingerprint density at radius 2 is 1.86 bits per heavy atom. The highest BCUT2D eigenvalue weighted by atomic mass is 19.4. The number of hydrogen-bond donors (Lipinski definition) is 1. The van der Waals surface area contributed by atoms with Gasteiger partial charge in [0, 0.05) is 5.69 Å². The number of halogens is 3. The third-order valence-corrected chi connectivity index (χ3v) is 2.68. The van der Waals surface area contributed by atoms with Crippen LogP contribution in [0.5, 0.6) is 0 Å². The first-order valence-electron chi connectivity index (χ1n) is 5.78. The molecule has 1 aromatic heterocycles. The van der Waals surface area contributed by atoms with E-state index in [9.17, 15) is 13.2 Å². The van der Waals surface area contributed by atoms with Crippen LogP contribution in [0, 0.1) is 22.7 Å². The van der Waals surface area contributed by atoms with Crippen molar-refractivity contribution < 1.29 is 17.6 Å². The molecule has 2 rings (SSSR count). The summed E-state index contributed by atoms with van der Waals surface area (Å²) in [4.78, 5) is 0. The van der Waals surface area contributed by atoms with Gasteiger partial charge >= 0.3 is 6.18 Å². The highest BCUT2D eigenvalue weighted by Gasteiger charge is 2.33. The van der Waals surface area contributed by atoms with Crippen LogP contribution < -0.4 is 5.32 Å². The zero-order valence-corrected chi connectivity index (χ0v) is 10.5. The van der Waals surface area contributed by atoms with Crippen molar-refractivity contribution in [2.45, 2.75) is 12.7 Å². The molecule has 1 aromatic carbocycles. The number of nitriles is 2. The molecule has 0 saturated carbocycles. The lowest BCUT2D eigenvalue weighted by Gasteiger charge is -2.11. The van der Waals surface area contributed by atoms with E-state index in [0.29, 0.717) is 5.76 Å². The van der Waals surface area contributed by atoms with Crippen LogP contribution in [0.3, 0.4) is 0 Å². The fourth-order valence-corrected chi connectivity index (χ4v) is 1.71. The van der Waals surface area contributed by atoms with Crippen molar-refractivity contribution in [2.75, 3.05) is 5.32 Å². The minimum Gasteiger partial charge on any atom is -0.449 e. The quantitative estimate of drug-likeness (QED) is 0.936. The van der Waals surface area contributed by atoms with Crippen LogP contribution in [-0.4, -0.2) is 0 Å². The molecule has 4 nitrogen and oxygen atoms in total. The number of rotatable bonds is 3. The standard InChI is InChI=1S/C14H8F3N3O/c15-14(16,17)13-5-10(2-1-9(13)6-18)20-8-12-4-3-11(7-19)21-12/h1-5,20H,8H2. The van der Waals surface area contributed by atoms with Crippen molar-refractivity contribution in [3.63, 3.8) is 0 Å². The Morgan fingerprint density at radius 1 is 1.10 bits per heavy atom. The van der Waals surface area contributed by atoms with Crippen molar-refractivity contribution in [1.82, 2.24) is 0 Å². The largest absolute Gasteiger partial charge is 0.449 e. The average Bonchev–Trinajstić information content (AvgIpc) is 2.92.